The molecule has 228 valence electrons. The minimum Gasteiger partial charge on any atom is -0.495 e. The first kappa shape index (κ1) is 32.0. The van der Waals surface area contributed by atoms with Gasteiger partial charge < -0.3 is 15.4 Å². The van der Waals surface area contributed by atoms with Crippen LogP contribution in [0.15, 0.2) is 95.9 Å². The Kier molecular flexibility index (Phi) is 10.2. The van der Waals surface area contributed by atoms with E-state index in [4.69, 9.17) is 16.3 Å². The molecule has 0 aromatic heterocycles. The monoisotopic (exact) mass is 636 g/mol. The van der Waals surface area contributed by atoms with Crippen molar-refractivity contribution < 1.29 is 27.7 Å². The summed E-state index contributed by atoms with van der Waals surface area (Å²) in [6.07, 6.45) is 0.604. The van der Waals surface area contributed by atoms with E-state index in [1.165, 1.54) is 56.5 Å². The zero-order chi connectivity index (χ0) is 31.9. The van der Waals surface area contributed by atoms with Crippen molar-refractivity contribution in [3.63, 3.8) is 0 Å². The molecule has 2 amide bonds. The van der Waals surface area contributed by atoms with Crippen LogP contribution in [0.3, 0.4) is 0 Å². The number of nitro groups is 1. The van der Waals surface area contributed by atoms with Gasteiger partial charge >= 0.3 is 0 Å². The van der Waals surface area contributed by atoms with E-state index in [0.29, 0.717) is 13.0 Å². The van der Waals surface area contributed by atoms with E-state index in [1.807, 2.05) is 30.3 Å². The standard InChI is InChI=1S/C31H29ClN4O7S/c1-21-12-14-24(19-27(21)36(39)40)44(41,42)35(28-18-23(32)13-15-29(28)43-2)20-30(37)34-26-11-7-6-10-25(26)31(38)33-17-16-22-8-4-3-5-9-22/h3-15,18-19H,16-17,20H2,1-2H3,(H,33,38)(H,34,37). The lowest BCUT2D eigenvalue weighted by molar-refractivity contribution is -0.385. The lowest BCUT2D eigenvalue weighted by atomic mass is 10.1. The molecule has 0 fully saturated rings. The molecule has 0 heterocycles. The van der Waals surface area contributed by atoms with Crippen LogP contribution in [0.5, 0.6) is 5.75 Å². The third-order valence-corrected chi connectivity index (χ3v) is 8.64. The van der Waals surface area contributed by atoms with Crippen molar-refractivity contribution in [3.8, 4) is 5.75 Å². The Bertz CT molecular complexity index is 1800. The van der Waals surface area contributed by atoms with Gasteiger partial charge in [0.25, 0.3) is 21.6 Å². The number of hydrogen-bond acceptors (Lipinski definition) is 7. The molecule has 0 unspecified atom stereocenters. The van der Waals surface area contributed by atoms with Crippen LogP contribution >= 0.6 is 11.6 Å². The predicted octanol–water partition coefficient (Wildman–Crippen LogP) is 5.37. The van der Waals surface area contributed by atoms with Crippen LogP contribution in [0, 0.1) is 17.0 Å². The second-order valence-corrected chi connectivity index (χ2v) is 11.9. The SMILES string of the molecule is COc1ccc(Cl)cc1N(CC(=O)Nc1ccccc1C(=O)NCCc1ccccc1)S(=O)(=O)c1ccc(C)c([N+](=O)[O-])c1. The van der Waals surface area contributed by atoms with E-state index >= 15 is 0 Å². The van der Waals surface area contributed by atoms with E-state index < -0.39 is 43.9 Å². The summed E-state index contributed by atoms with van der Waals surface area (Å²) in [5.74, 6) is -1.13. The predicted molar refractivity (Wildman–Crippen MR) is 168 cm³/mol. The van der Waals surface area contributed by atoms with Crippen LogP contribution < -0.4 is 19.7 Å². The fraction of sp³-hybridized carbons (Fsp3) is 0.161. The number of rotatable bonds is 12. The van der Waals surface area contributed by atoms with Crippen molar-refractivity contribution >= 4 is 50.5 Å². The molecule has 0 aliphatic heterocycles. The second-order valence-electron chi connectivity index (χ2n) is 9.62. The van der Waals surface area contributed by atoms with E-state index in [-0.39, 0.29) is 33.3 Å². The lowest BCUT2D eigenvalue weighted by Gasteiger charge is -2.26. The first-order chi connectivity index (χ1) is 21.0. The van der Waals surface area contributed by atoms with Crippen LogP contribution in [-0.2, 0) is 21.2 Å². The fourth-order valence-electron chi connectivity index (χ4n) is 4.40. The molecular formula is C31H29ClN4O7S. The number of halogens is 1. The van der Waals surface area contributed by atoms with Gasteiger partial charge in [-0.15, -0.1) is 0 Å². The molecule has 0 radical (unpaired) electrons. The van der Waals surface area contributed by atoms with E-state index in [1.54, 1.807) is 12.1 Å². The van der Waals surface area contributed by atoms with Crippen molar-refractivity contribution in [3.05, 3.63) is 123 Å². The van der Waals surface area contributed by atoms with Gasteiger partial charge in [-0.2, -0.15) is 0 Å². The molecule has 0 atom stereocenters. The molecule has 11 nitrogen and oxygen atoms in total. The number of sulfonamides is 1. The minimum atomic E-state index is -4.58. The fourth-order valence-corrected chi connectivity index (χ4v) is 6.01. The largest absolute Gasteiger partial charge is 0.495 e. The van der Waals surface area contributed by atoms with Crippen molar-refractivity contribution in [1.29, 1.82) is 0 Å². The maximum Gasteiger partial charge on any atom is 0.273 e. The number of amides is 2. The summed E-state index contributed by atoms with van der Waals surface area (Å²) in [5, 5.41) is 17.2. The van der Waals surface area contributed by atoms with Crippen molar-refractivity contribution in [2.24, 2.45) is 0 Å². The maximum atomic E-state index is 14.0. The highest BCUT2D eigenvalue weighted by Crippen LogP contribution is 2.36. The van der Waals surface area contributed by atoms with Gasteiger partial charge in [-0.3, -0.25) is 24.0 Å². The molecule has 2 N–H and O–H groups in total. The molecule has 0 aliphatic rings. The van der Waals surface area contributed by atoms with Crippen molar-refractivity contribution in [2.75, 3.05) is 29.8 Å². The quantitative estimate of drug-likeness (QED) is 0.157. The summed E-state index contributed by atoms with van der Waals surface area (Å²) in [6.45, 7) is 1.06. The number of benzene rings is 4. The second kappa shape index (κ2) is 14.0. The highest BCUT2D eigenvalue weighted by Gasteiger charge is 2.31. The molecular weight excluding hydrogens is 608 g/mol. The highest BCUT2D eigenvalue weighted by atomic mass is 35.5. The molecule has 0 aliphatic carbocycles. The number of nitrogens with one attached hydrogen (secondary N) is 2. The van der Waals surface area contributed by atoms with Gasteiger partial charge in [-0.1, -0.05) is 60.1 Å². The smallest absolute Gasteiger partial charge is 0.273 e. The summed E-state index contributed by atoms with van der Waals surface area (Å²) in [7, 11) is -3.26. The van der Waals surface area contributed by atoms with Crippen LogP contribution in [0.25, 0.3) is 0 Å². The summed E-state index contributed by atoms with van der Waals surface area (Å²) < 4.78 is 34.0. The van der Waals surface area contributed by atoms with Crippen LogP contribution in [0.1, 0.15) is 21.5 Å². The maximum absolute atomic E-state index is 14.0. The highest BCUT2D eigenvalue weighted by molar-refractivity contribution is 7.92. The van der Waals surface area contributed by atoms with Gasteiger partial charge in [0.15, 0.2) is 0 Å². The zero-order valence-corrected chi connectivity index (χ0v) is 25.4. The Morgan fingerprint density at radius 3 is 2.39 bits per heavy atom. The molecule has 0 spiro atoms. The number of nitro benzene ring substituents is 1. The molecule has 0 saturated heterocycles. The number of carbonyl (C=O) groups is 2. The molecule has 0 saturated carbocycles. The van der Waals surface area contributed by atoms with Crippen LogP contribution in [0.4, 0.5) is 17.1 Å². The summed E-state index contributed by atoms with van der Waals surface area (Å²) >= 11 is 6.19. The Hall–Kier alpha value is -4.94. The Morgan fingerprint density at radius 2 is 1.68 bits per heavy atom. The van der Waals surface area contributed by atoms with Gasteiger partial charge in [-0.25, -0.2) is 8.42 Å². The molecule has 4 aromatic carbocycles. The van der Waals surface area contributed by atoms with E-state index in [0.717, 1.165) is 15.9 Å². The third kappa shape index (κ3) is 7.52. The zero-order valence-electron chi connectivity index (χ0n) is 23.8. The third-order valence-electron chi connectivity index (χ3n) is 6.65. The number of nitrogens with zero attached hydrogens (tertiary/aromatic N) is 2. The number of aryl methyl sites for hydroxylation is 1. The first-order valence-electron chi connectivity index (χ1n) is 13.3. The lowest BCUT2D eigenvalue weighted by Crippen LogP contribution is -2.38. The Labute approximate surface area is 259 Å². The van der Waals surface area contributed by atoms with E-state index in [2.05, 4.69) is 10.6 Å². The number of methoxy groups -OCH3 is 1. The normalized spacial score (nSPS) is 11.0. The Balaban J connectivity index is 1.63. The summed E-state index contributed by atoms with van der Waals surface area (Å²) in [4.78, 5) is 36.9. The van der Waals surface area contributed by atoms with Gasteiger partial charge in [0.2, 0.25) is 5.91 Å². The number of ether oxygens (including phenoxy) is 1. The van der Waals surface area contributed by atoms with Crippen molar-refractivity contribution in [1.82, 2.24) is 5.32 Å². The first-order valence-corrected chi connectivity index (χ1v) is 15.2. The molecule has 13 heteroatoms. The number of hydrogen-bond donors (Lipinski definition) is 2. The van der Waals surface area contributed by atoms with Gasteiger partial charge in [0, 0.05) is 23.2 Å². The molecule has 44 heavy (non-hydrogen) atoms. The molecule has 0 bridgehead atoms. The van der Waals surface area contributed by atoms with Crippen molar-refractivity contribution in [2.45, 2.75) is 18.2 Å². The van der Waals surface area contributed by atoms with Crippen LogP contribution in [0.2, 0.25) is 5.02 Å². The number of carbonyl (C=O) groups excluding carboxylic acids is 2. The van der Waals surface area contributed by atoms with Gasteiger partial charge in [-0.05, 0) is 55.3 Å². The molecule has 4 aromatic rings. The average molecular weight is 637 g/mol. The number of anilines is 2. The van der Waals surface area contributed by atoms with E-state index in [9.17, 15) is 28.1 Å². The van der Waals surface area contributed by atoms with Gasteiger partial charge in [0.05, 0.1) is 33.9 Å². The van der Waals surface area contributed by atoms with Gasteiger partial charge in [0.1, 0.15) is 12.3 Å². The summed E-state index contributed by atoms with van der Waals surface area (Å²) in [6, 6.07) is 23.6. The minimum absolute atomic E-state index is 0.0645. The number of para-hydroxylation sites is 1. The van der Waals surface area contributed by atoms with Crippen LogP contribution in [-0.4, -0.2) is 45.4 Å². The topological polar surface area (TPSA) is 148 Å². The Morgan fingerprint density at radius 1 is 0.977 bits per heavy atom. The summed E-state index contributed by atoms with van der Waals surface area (Å²) in [5.41, 5.74) is 1.18. The molecule has 4 rings (SSSR count). The average Bonchev–Trinajstić information content (AvgIpc) is 3.00.